The van der Waals surface area contributed by atoms with Crippen LogP contribution >= 0.6 is 23.2 Å². The van der Waals surface area contributed by atoms with Gasteiger partial charge in [0.25, 0.3) is 0 Å². The SMILES string of the molecule is Cc1cccc(Cl)c1CN1CCc2cc(-c3cnc(Cl)c(C(OC(C)(C)C)C(=O)O)c3N3CCC(C)(C)CC3)ccc2C1. The van der Waals surface area contributed by atoms with Gasteiger partial charge in [0.1, 0.15) is 5.15 Å². The second-order valence-electron chi connectivity index (χ2n) is 13.8. The van der Waals surface area contributed by atoms with Crippen LogP contribution < -0.4 is 4.90 Å². The number of nitrogens with zero attached hydrogens (tertiary/aromatic N) is 3. The third kappa shape index (κ3) is 7.20. The largest absolute Gasteiger partial charge is 0.479 e. The number of anilines is 1. The van der Waals surface area contributed by atoms with Gasteiger partial charge in [0, 0.05) is 49.5 Å². The molecule has 230 valence electrons. The number of ether oxygens (including phenoxy) is 1. The van der Waals surface area contributed by atoms with Crippen LogP contribution in [-0.2, 0) is 29.0 Å². The van der Waals surface area contributed by atoms with Crippen molar-refractivity contribution in [3.05, 3.63) is 80.6 Å². The number of hydrogen-bond acceptors (Lipinski definition) is 5. The maximum Gasteiger partial charge on any atom is 0.337 e. The molecule has 1 atom stereocenters. The first-order chi connectivity index (χ1) is 20.2. The summed E-state index contributed by atoms with van der Waals surface area (Å²) < 4.78 is 6.13. The minimum Gasteiger partial charge on any atom is -0.479 e. The number of fused-ring (bicyclic) bond motifs is 1. The highest BCUT2D eigenvalue weighted by molar-refractivity contribution is 6.31. The van der Waals surface area contributed by atoms with E-state index in [9.17, 15) is 9.90 Å². The van der Waals surface area contributed by atoms with Crippen molar-refractivity contribution in [3.8, 4) is 11.1 Å². The molecule has 0 amide bonds. The molecule has 2 aliphatic rings. The smallest absolute Gasteiger partial charge is 0.337 e. The lowest BCUT2D eigenvalue weighted by Crippen LogP contribution is -2.39. The molecule has 1 N–H and O–H groups in total. The summed E-state index contributed by atoms with van der Waals surface area (Å²) in [6.07, 6.45) is 3.46. The molecule has 3 aromatic rings. The molecule has 8 heteroatoms. The predicted octanol–water partition coefficient (Wildman–Crippen LogP) is 8.49. The van der Waals surface area contributed by atoms with E-state index in [0.29, 0.717) is 5.56 Å². The molecule has 1 saturated heterocycles. The number of carbonyl (C=O) groups is 1. The second-order valence-corrected chi connectivity index (χ2v) is 14.6. The van der Waals surface area contributed by atoms with Crippen LogP contribution in [0.1, 0.15) is 81.4 Å². The Labute approximate surface area is 266 Å². The summed E-state index contributed by atoms with van der Waals surface area (Å²) in [5.74, 6) is -1.08. The van der Waals surface area contributed by atoms with Crippen molar-refractivity contribution >= 4 is 34.9 Å². The van der Waals surface area contributed by atoms with Gasteiger partial charge in [0.05, 0.1) is 16.9 Å². The fourth-order valence-electron chi connectivity index (χ4n) is 6.21. The van der Waals surface area contributed by atoms with Gasteiger partial charge in [-0.3, -0.25) is 4.90 Å². The molecule has 0 saturated carbocycles. The number of rotatable bonds is 7. The first-order valence-electron chi connectivity index (χ1n) is 15.1. The van der Waals surface area contributed by atoms with E-state index >= 15 is 0 Å². The van der Waals surface area contributed by atoms with Crippen LogP contribution in [0.4, 0.5) is 5.69 Å². The Morgan fingerprint density at radius 2 is 1.81 bits per heavy atom. The number of carboxylic acids is 1. The Morgan fingerprint density at radius 3 is 2.47 bits per heavy atom. The molecule has 1 fully saturated rings. The quantitative estimate of drug-likeness (QED) is 0.266. The molecule has 0 spiro atoms. The highest BCUT2D eigenvalue weighted by Crippen LogP contribution is 2.45. The number of aromatic nitrogens is 1. The van der Waals surface area contributed by atoms with Crippen LogP contribution in [-0.4, -0.2) is 46.2 Å². The lowest BCUT2D eigenvalue weighted by atomic mass is 9.82. The minimum atomic E-state index is -1.25. The van der Waals surface area contributed by atoms with Gasteiger partial charge in [0.2, 0.25) is 0 Å². The molecular weight excluding hydrogens is 581 g/mol. The molecule has 6 nitrogen and oxygen atoms in total. The van der Waals surface area contributed by atoms with E-state index in [1.165, 1.54) is 22.3 Å². The molecule has 43 heavy (non-hydrogen) atoms. The van der Waals surface area contributed by atoms with Crippen molar-refractivity contribution in [2.75, 3.05) is 24.5 Å². The number of benzene rings is 2. The zero-order valence-corrected chi connectivity index (χ0v) is 27.6. The Kier molecular flexibility index (Phi) is 9.16. The van der Waals surface area contributed by atoms with E-state index in [0.717, 1.165) is 73.8 Å². The highest BCUT2D eigenvalue weighted by Gasteiger charge is 2.36. The lowest BCUT2D eigenvalue weighted by Gasteiger charge is -2.40. The molecule has 5 rings (SSSR count). The Bertz CT molecular complexity index is 1480. The average molecular weight is 625 g/mol. The average Bonchev–Trinajstić information content (AvgIpc) is 2.93. The van der Waals surface area contributed by atoms with Crippen LogP contribution in [0, 0.1) is 12.3 Å². The first-order valence-corrected chi connectivity index (χ1v) is 15.9. The topological polar surface area (TPSA) is 65.9 Å². The first kappa shape index (κ1) is 31.8. The van der Waals surface area contributed by atoms with E-state index in [1.54, 1.807) is 6.20 Å². The summed E-state index contributed by atoms with van der Waals surface area (Å²) in [6, 6.07) is 12.7. The van der Waals surface area contributed by atoms with E-state index in [1.807, 2.05) is 32.9 Å². The molecule has 0 aliphatic carbocycles. The lowest BCUT2D eigenvalue weighted by molar-refractivity contribution is -0.160. The van der Waals surface area contributed by atoms with E-state index in [4.69, 9.17) is 27.9 Å². The van der Waals surface area contributed by atoms with Gasteiger partial charge in [0.15, 0.2) is 6.10 Å². The van der Waals surface area contributed by atoms with Gasteiger partial charge >= 0.3 is 5.97 Å². The summed E-state index contributed by atoms with van der Waals surface area (Å²) >= 11 is 13.3. The standard InChI is InChI=1S/C35H43Cl2N3O3/c1-22-8-7-9-28(36)27(22)21-39-15-12-23-18-24(10-11-25(23)20-39)26-19-38-32(37)29(31(33(41)42)43-34(2,3)4)30(26)40-16-13-35(5,6)14-17-40/h7-11,18-19,31H,12-17,20-21H2,1-6H3,(H,41,42). The number of halogens is 2. The van der Waals surface area contributed by atoms with Gasteiger partial charge in [-0.1, -0.05) is 67.4 Å². The van der Waals surface area contributed by atoms with Gasteiger partial charge in [-0.25, -0.2) is 9.78 Å². The summed E-state index contributed by atoms with van der Waals surface area (Å²) in [5, 5.41) is 11.3. The van der Waals surface area contributed by atoms with Crippen LogP contribution in [0.5, 0.6) is 0 Å². The molecule has 3 heterocycles. The number of hydrogen-bond donors (Lipinski definition) is 1. The molecule has 0 radical (unpaired) electrons. The van der Waals surface area contributed by atoms with Crippen molar-refractivity contribution in [2.24, 2.45) is 5.41 Å². The second kappa shape index (κ2) is 12.4. The highest BCUT2D eigenvalue weighted by atomic mass is 35.5. The molecule has 2 aromatic carbocycles. The number of aliphatic carboxylic acids is 1. The van der Waals surface area contributed by atoms with E-state index in [2.05, 4.69) is 59.8 Å². The van der Waals surface area contributed by atoms with Crippen LogP contribution in [0.3, 0.4) is 0 Å². The molecular formula is C35H43Cl2N3O3. The minimum absolute atomic E-state index is 0.170. The van der Waals surface area contributed by atoms with Crippen LogP contribution in [0.2, 0.25) is 10.2 Å². The maximum absolute atomic E-state index is 12.7. The van der Waals surface area contributed by atoms with Gasteiger partial charge in [-0.15, -0.1) is 0 Å². The molecule has 1 unspecified atom stereocenters. The summed E-state index contributed by atoms with van der Waals surface area (Å²) in [7, 11) is 0. The summed E-state index contributed by atoms with van der Waals surface area (Å²) in [5.41, 5.74) is 7.67. The van der Waals surface area contributed by atoms with Crippen molar-refractivity contribution in [2.45, 2.75) is 85.6 Å². The van der Waals surface area contributed by atoms with Gasteiger partial charge < -0.3 is 14.7 Å². The van der Waals surface area contributed by atoms with Crippen molar-refractivity contribution < 1.29 is 14.6 Å². The van der Waals surface area contributed by atoms with E-state index < -0.39 is 17.7 Å². The third-order valence-electron chi connectivity index (χ3n) is 8.77. The normalized spacial score (nSPS) is 17.9. The van der Waals surface area contributed by atoms with Crippen molar-refractivity contribution in [3.63, 3.8) is 0 Å². The Morgan fingerprint density at radius 1 is 1.09 bits per heavy atom. The Hall–Kier alpha value is -2.64. The monoisotopic (exact) mass is 623 g/mol. The summed E-state index contributed by atoms with van der Waals surface area (Å²) in [6.45, 7) is 16.5. The number of aryl methyl sites for hydroxylation is 1. The third-order valence-corrected chi connectivity index (χ3v) is 9.43. The van der Waals surface area contributed by atoms with E-state index in [-0.39, 0.29) is 10.6 Å². The predicted molar refractivity (Wildman–Crippen MR) is 175 cm³/mol. The van der Waals surface area contributed by atoms with Gasteiger partial charge in [-0.2, -0.15) is 0 Å². The van der Waals surface area contributed by atoms with Gasteiger partial charge in [-0.05, 0) is 86.3 Å². The number of piperidine rings is 1. The van der Waals surface area contributed by atoms with Crippen molar-refractivity contribution in [1.82, 2.24) is 9.88 Å². The Balaban J connectivity index is 1.53. The fourth-order valence-corrected chi connectivity index (χ4v) is 6.72. The molecule has 1 aromatic heterocycles. The maximum atomic E-state index is 12.7. The fraction of sp³-hybridized carbons (Fsp3) is 0.486. The van der Waals surface area contributed by atoms with Crippen molar-refractivity contribution in [1.29, 1.82) is 0 Å². The molecule has 0 bridgehead atoms. The van der Waals surface area contributed by atoms with Crippen LogP contribution in [0.25, 0.3) is 11.1 Å². The van der Waals surface area contributed by atoms with Crippen LogP contribution in [0.15, 0.2) is 42.6 Å². The summed E-state index contributed by atoms with van der Waals surface area (Å²) in [4.78, 5) is 21.9. The zero-order chi connectivity index (χ0) is 31.1. The zero-order valence-electron chi connectivity index (χ0n) is 26.1. The number of pyridine rings is 1. The molecule has 2 aliphatic heterocycles. The number of carboxylic acid groups (broad SMARTS) is 1.